The fourth-order valence-corrected chi connectivity index (χ4v) is 2.02. The van der Waals surface area contributed by atoms with Gasteiger partial charge in [-0.1, -0.05) is 31.5 Å². The smallest absolute Gasteiger partial charge is 0.110 e. The number of nitrogens with one attached hydrogen (secondary N) is 1. The molecule has 18 heavy (non-hydrogen) atoms. The molecule has 0 bridgehead atoms. The van der Waals surface area contributed by atoms with Crippen molar-refractivity contribution in [3.8, 4) is 5.69 Å². The van der Waals surface area contributed by atoms with Gasteiger partial charge in [0.2, 0.25) is 0 Å². The van der Waals surface area contributed by atoms with E-state index in [0.29, 0.717) is 6.04 Å². The number of hydrogen-bond donors (Lipinski definition) is 1. The molecule has 96 valence electrons. The summed E-state index contributed by atoms with van der Waals surface area (Å²) in [6.45, 7) is 7.08. The lowest BCUT2D eigenvalue weighted by molar-refractivity contribution is 0.587. The minimum atomic E-state index is 0.456. The van der Waals surface area contributed by atoms with Crippen molar-refractivity contribution in [1.29, 1.82) is 0 Å². The summed E-state index contributed by atoms with van der Waals surface area (Å²) in [5.41, 5.74) is 2.31. The molecule has 0 radical (unpaired) electrons. The summed E-state index contributed by atoms with van der Waals surface area (Å²) >= 11 is 6.09. The SMILES string of the molecule is Cc1nccn1-c1cc(Cl)ccc1CNC(C)C. The summed E-state index contributed by atoms with van der Waals surface area (Å²) < 4.78 is 2.06. The number of hydrogen-bond acceptors (Lipinski definition) is 2. The number of aryl methyl sites for hydroxylation is 1. The van der Waals surface area contributed by atoms with E-state index in [1.807, 2.05) is 25.3 Å². The fourth-order valence-electron chi connectivity index (χ4n) is 1.86. The molecule has 1 N–H and O–H groups in total. The molecule has 0 fully saturated rings. The van der Waals surface area contributed by atoms with E-state index >= 15 is 0 Å². The van der Waals surface area contributed by atoms with E-state index in [4.69, 9.17) is 11.6 Å². The van der Waals surface area contributed by atoms with Gasteiger partial charge in [-0.3, -0.25) is 0 Å². The highest BCUT2D eigenvalue weighted by Gasteiger charge is 2.08. The van der Waals surface area contributed by atoms with Crippen LogP contribution in [0.4, 0.5) is 0 Å². The summed E-state index contributed by atoms with van der Waals surface area (Å²) in [6, 6.07) is 6.42. The topological polar surface area (TPSA) is 29.9 Å². The van der Waals surface area contributed by atoms with Crippen molar-refractivity contribution in [2.75, 3.05) is 0 Å². The average Bonchev–Trinajstić information content (AvgIpc) is 2.73. The zero-order valence-electron chi connectivity index (χ0n) is 10.9. The lowest BCUT2D eigenvalue weighted by Gasteiger charge is -2.14. The second-order valence-corrected chi connectivity index (χ2v) is 5.09. The van der Waals surface area contributed by atoms with Gasteiger partial charge >= 0.3 is 0 Å². The maximum Gasteiger partial charge on any atom is 0.110 e. The molecule has 0 aliphatic heterocycles. The first kappa shape index (κ1) is 13.1. The van der Waals surface area contributed by atoms with Crippen LogP contribution in [-0.4, -0.2) is 15.6 Å². The van der Waals surface area contributed by atoms with Gasteiger partial charge in [0, 0.05) is 30.0 Å². The molecular weight excluding hydrogens is 246 g/mol. The van der Waals surface area contributed by atoms with Crippen LogP contribution in [0, 0.1) is 6.92 Å². The highest BCUT2D eigenvalue weighted by Crippen LogP contribution is 2.21. The minimum Gasteiger partial charge on any atom is -0.310 e. The van der Waals surface area contributed by atoms with Crippen molar-refractivity contribution in [3.05, 3.63) is 47.0 Å². The highest BCUT2D eigenvalue weighted by atomic mass is 35.5. The predicted octanol–water partition coefficient (Wildman–Crippen LogP) is 3.33. The number of aromatic nitrogens is 2. The van der Waals surface area contributed by atoms with E-state index in [2.05, 4.69) is 34.8 Å². The van der Waals surface area contributed by atoms with Crippen LogP contribution in [0.1, 0.15) is 25.2 Å². The Balaban J connectivity index is 2.38. The highest BCUT2D eigenvalue weighted by molar-refractivity contribution is 6.30. The molecule has 0 spiro atoms. The molecule has 3 nitrogen and oxygen atoms in total. The number of rotatable bonds is 4. The molecule has 0 saturated heterocycles. The zero-order valence-corrected chi connectivity index (χ0v) is 11.7. The molecule has 0 saturated carbocycles. The maximum absolute atomic E-state index is 6.09. The van der Waals surface area contributed by atoms with Gasteiger partial charge in [-0.15, -0.1) is 0 Å². The monoisotopic (exact) mass is 263 g/mol. The van der Waals surface area contributed by atoms with E-state index in [1.165, 1.54) is 5.56 Å². The quantitative estimate of drug-likeness (QED) is 0.917. The first-order valence-corrected chi connectivity index (χ1v) is 6.48. The van der Waals surface area contributed by atoms with E-state index in [1.54, 1.807) is 6.20 Å². The van der Waals surface area contributed by atoms with Crippen LogP contribution < -0.4 is 5.32 Å². The van der Waals surface area contributed by atoms with E-state index in [9.17, 15) is 0 Å². The normalized spacial score (nSPS) is 11.2. The molecule has 0 unspecified atom stereocenters. The lowest BCUT2D eigenvalue weighted by Crippen LogP contribution is -2.22. The molecule has 0 atom stereocenters. The van der Waals surface area contributed by atoms with Crippen molar-refractivity contribution in [1.82, 2.24) is 14.9 Å². The molecular formula is C14H18ClN3. The fraction of sp³-hybridized carbons (Fsp3) is 0.357. The Kier molecular flexibility index (Phi) is 4.04. The van der Waals surface area contributed by atoms with Crippen LogP contribution in [0.25, 0.3) is 5.69 Å². The van der Waals surface area contributed by atoms with Gasteiger partial charge < -0.3 is 9.88 Å². The molecule has 0 aliphatic rings. The third kappa shape index (κ3) is 2.92. The third-order valence-electron chi connectivity index (χ3n) is 2.83. The molecule has 0 amide bonds. The first-order valence-electron chi connectivity index (χ1n) is 6.10. The standard InChI is InChI=1S/C14H18ClN3/c1-10(2)17-9-12-4-5-13(15)8-14(12)18-7-6-16-11(18)3/h4-8,10,17H,9H2,1-3H3. The zero-order chi connectivity index (χ0) is 13.1. The Labute approximate surface area is 113 Å². The van der Waals surface area contributed by atoms with Gasteiger partial charge in [0.15, 0.2) is 0 Å². The molecule has 2 aromatic rings. The first-order chi connectivity index (χ1) is 8.58. The Morgan fingerprint density at radius 3 is 2.78 bits per heavy atom. The summed E-state index contributed by atoms with van der Waals surface area (Å²) in [7, 11) is 0. The van der Waals surface area contributed by atoms with Crippen molar-refractivity contribution in [2.24, 2.45) is 0 Å². The van der Waals surface area contributed by atoms with Crippen LogP contribution in [-0.2, 0) is 6.54 Å². The molecule has 1 aromatic heterocycles. The molecule has 4 heteroatoms. The van der Waals surface area contributed by atoms with E-state index in [0.717, 1.165) is 23.1 Å². The molecule has 1 aromatic carbocycles. The van der Waals surface area contributed by atoms with Crippen molar-refractivity contribution < 1.29 is 0 Å². The van der Waals surface area contributed by atoms with Gasteiger partial charge in [0.25, 0.3) is 0 Å². The molecule has 1 heterocycles. The Morgan fingerprint density at radius 2 is 2.17 bits per heavy atom. The number of benzene rings is 1. The van der Waals surface area contributed by atoms with Crippen molar-refractivity contribution in [2.45, 2.75) is 33.4 Å². The van der Waals surface area contributed by atoms with Crippen LogP contribution in [0.15, 0.2) is 30.6 Å². The Hall–Kier alpha value is -1.32. The molecule has 0 aliphatic carbocycles. The number of halogens is 1. The number of imidazole rings is 1. The third-order valence-corrected chi connectivity index (χ3v) is 3.07. The number of nitrogens with zero attached hydrogens (tertiary/aromatic N) is 2. The van der Waals surface area contributed by atoms with Crippen molar-refractivity contribution in [3.63, 3.8) is 0 Å². The summed E-state index contributed by atoms with van der Waals surface area (Å²) in [4.78, 5) is 4.26. The van der Waals surface area contributed by atoms with Gasteiger partial charge in [0.1, 0.15) is 5.82 Å². The van der Waals surface area contributed by atoms with Gasteiger partial charge in [-0.25, -0.2) is 4.98 Å². The van der Waals surface area contributed by atoms with Gasteiger partial charge in [-0.2, -0.15) is 0 Å². The Morgan fingerprint density at radius 1 is 1.39 bits per heavy atom. The minimum absolute atomic E-state index is 0.456. The largest absolute Gasteiger partial charge is 0.310 e. The van der Waals surface area contributed by atoms with Crippen molar-refractivity contribution >= 4 is 11.6 Å². The lowest BCUT2D eigenvalue weighted by atomic mass is 10.1. The predicted molar refractivity (Wildman–Crippen MR) is 75.3 cm³/mol. The van der Waals surface area contributed by atoms with Crippen LogP contribution in [0.5, 0.6) is 0 Å². The second-order valence-electron chi connectivity index (χ2n) is 4.65. The maximum atomic E-state index is 6.09. The van der Waals surface area contributed by atoms with Crippen LogP contribution >= 0.6 is 11.6 Å². The summed E-state index contributed by atoms with van der Waals surface area (Å²) in [5.74, 6) is 0.961. The molecule has 2 rings (SSSR count). The summed E-state index contributed by atoms with van der Waals surface area (Å²) in [6.07, 6.45) is 3.76. The average molecular weight is 264 g/mol. The Bertz CT molecular complexity index is 532. The summed E-state index contributed by atoms with van der Waals surface area (Å²) in [5, 5.41) is 4.17. The van der Waals surface area contributed by atoms with Crippen LogP contribution in [0.3, 0.4) is 0 Å². The van der Waals surface area contributed by atoms with E-state index in [-0.39, 0.29) is 0 Å². The van der Waals surface area contributed by atoms with E-state index < -0.39 is 0 Å². The van der Waals surface area contributed by atoms with Gasteiger partial charge in [-0.05, 0) is 24.6 Å². The second kappa shape index (κ2) is 5.55. The van der Waals surface area contributed by atoms with Crippen LogP contribution in [0.2, 0.25) is 5.02 Å². The van der Waals surface area contributed by atoms with Gasteiger partial charge in [0.05, 0.1) is 5.69 Å².